The molecule has 4 heteroatoms. The van der Waals surface area contributed by atoms with Gasteiger partial charge < -0.3 is 0 Å². The molecular weight excluding hydrogens is 116 g/mol. The fraction of sp³-hybridized carbons (Fsp3) is 0.400. The second-order valence-electron chi connectivity index (χ2n) is 1.43. The van der Waals surface area contributed by atoms with Crippen molar-refractivity contribution in [2.45, 2.75) is 13.0 Å². The maximum Gasteiger partial charge on any atom is 0.0908 e. The summed E-state index contributed by atoms with van der Waals surface area (Å²) in [5.41, 5.74) is 7.88. The highest BCUT2D eigenvalue weighted by Gasteiger charge is 1.86. The Bertz CT molecular complexity index is 182. The van der Waals surface area contributed by atoms with Crippen LogP contribution in [0.15, 0.2) is 17.3 Å². The number of allylic oxidation sites excluding steroid dienone is 1. The molecule has 0 rings (SSSR count). The van der Waals surface area contributed by atoms with Gasteiger partial charge in [-0.2, -0.15) is 5.26 Å². The van der Waals surface area contributed by atoms with Crippen LogP contribution < -0.4 is 0 Å². The van der Waals surface area contributed by atoms with Crippen LogP contribution in [0.2, 0.25) is 0 Å². The van der Waals surface area contributed by atoms with Crippen molar-refractivity contribution in [1.29, 1.82) is 5.26 Å². The van der Waals surface area contributed by atoms with E-state index in [1.165, 1.54) is 12.2 Å². The molecule has 9 heavy (non-hydrogen) atoms. The lowest BCUT2D eigenvalue weighted by atomic mass is 10.3. The van der Waals surface area contributed by atoms with E-state index >= 15 is 0 Å². The summed E-state index contributed by atoms with van der Waals surface area (Å²) >= 11 is 0. The molecule has 1 atom stereocenters. The first-order valence-electron chi connectivity index (χ1n) is 2.41. The van der Waals surface area contributed by atoms with E-state index in [9.17, 15) is 0 Å². The van der Waals surface area contributed by atoms with Crippen molar-refractivity contribution in [3.8, 4) is 6.07 Å². The molecule has 0 aromatic heterocycles. The van der Waals surface area contributed by atoms with E-state index in [-0.39, 0.29) is 6.04 Å². The monoisotopic (exact) mass is 122 g/mol. The largest absolute Gasteiger partial charge is 0.193 e. The minimum absolute atomic E-state index is 0.227. The van der Waals surface area contributed by atoms with Crippen LogP contribution in [-0.4, -0.2) is 6.04 Å². The Morgan fingerprint density at radius 3 is 3.00 bits per heavy atom. The minimum atomic E-state index is -0.227. The number of hydrogen-bond acceptors (Lipinski definition) is 2. The summed E-state index contributed by atoms with van der Waals surface area (Å²) in [6.07, 6.45) is 2.82. The van der Waals surface area contributed by atoms with Crippen LogP contribution in [0.3, 0.4) is 0 Å². The normalized spacial score (nSPS) is 12.0. The molecule has 0 aliphatic heterocycles. The predicted octanol–water partition coefficient (Wildman–Crippen LogP) is 1.76. The zero-order valence-corrected chi connectivity index (χ0v) is 5.02. The molecule has 46 valence electrons. The Morgan fingerprint density at radius 2 is 2.56 bits per heavy atom. The molecule has 0 fully saturated rings. The Labute approximate surface area is 53.0 Å². The molecule has 0 bridgehead atoms. The summed E-state index contributed by atoms with van der Waals surface area (Å²) in [5, 5.41) is 11.3. The highest BCUT2D eigenvalue weighted by atomic mass is 15.1. The van der Waals surface area contributed by atoms with Gasteiger partial charge in [0.2, 0.25) is 0 Å². The van der Waals surface area contributed by atoms with Crippen LogP contribution in [0.4, 0.5) is 0 Å². The molecule has 0 amide bonds. The lowest BCUT2D eigenvalue weighted by Gasteiger charge is -1.87. The lowest BCUT2D eigenvalue weighted by molar-refractivity contribution is 0.911. The zero-order valence-electron chi connectivity index (χ0n) is 5.02. The predicted molar refractivity (Wildman–Crippen MR) is 33.4 cm³/mol. The summed E-state index contributed by atoms with van der Waals surface area (Å²) in [7, 11) is 0. The number of azide groups is 1. The first-order valence-corrected chi connectivity index (χ1v) is 2.41. The Morgan fingerprint density at radius 1 is 1.89 bits per heavy atom. The molecule has 0 spiro atoms. The molecule has 0 aromatic rings. The first-order chi connectivity index (χ1) is 4.31. The second kappa shape index (κ2) is 4.69. The Hall–Kier alpha value is -1.46. The van der Waals surface area contributed by atoms with Gasteiger partial charge in [-0.05, 0) is 5.53 Å². The van der Waals surface area contributed by atoms with E-state index in [0.717, 1.165) is 0 Å². The van der Waals surface area contributed by atoms with Crippen molar-refractivity contribution in [2.75, 3.05) is 0 Å². The Balaban J connectivity index is 3.79. The van der Waals surface area contributed by atoms with Gasteiger partial charge in [0.1, 0.15) is 0 Å². The van der Waals surface area contributed by atoms with Crippen molar-refractivity contribution in [3.05, 3.63) is 22.6 Å². The number of nitrogens with zero attached hydrogens (tertiary/aromatic N) is 4. The molecular formula is C5H6N4. The maximum absolute atomic E-state index is 8.01. The van der Waals surface area contributed by atoms with Crippen LogP contribution in [-0.2, 0) is 0 Å². The molecule has 4 nitrogen and oxygen atoms in total. The standard InChI is InChI=1S/C5H6N4/c1-5(8-9-7)3-2-4-6/h2-3,5H,1H3/b3-2+/t5-/m1/s1. The van der Waals surface area contributed by atoms with Crippen molar-refractivity contribution in [1.82, 2.24) is 0 Å². The van der Waals surface area contributed by atoms with Gasteiger partial charge in [-0.1, -0.05) is 18.1 Å². The SMILES string of the molecule is C[C@H](/C=C/C#N)N=[N+]=[N-]. The van der Waals surface area contributed by atoms with Gasteiger partial charge in [0.25, 0.3) is 0 Å². The summed E-state index contributed by atoms with van der Waals surface area (Å²) in [6, 6.07) is 1.57. The average Bonchev–Trinajstić information content (AvgIpc) is 1.85. The van der Waals surface area contributed by atoms with E-state index in [0.29, 0.717) is 0 Å². The topological polar surface area (TPSA) is 72.5 Å². The average molecular weight is 122 g/mol. The molecule has 0 N–H and O–H groups in total. The van der Waals surface area contributed by atoms with Crippen LogP contribution >= 0.6 is 0 Å². The lowest BCUT2D eigenvalue weighted by Crippen LogP contribution is -1.86. The van der Waals surface area contributed by atoms with Crippen LogP contribution in [0.5, 0.6) is 0 Å². The number of nitriles is 1. The molecule has 0 unspecified atom stereocenters. The smallest absolute Gasteiger partial charge is 0.0908 e. The molecule has 0 saturated heterocycles. The van der Waals surface area contributed by atoms with Crippen molar-refractivity contribution in [2.24, 2.45) is 5.11 Å². The fourth-order valence-corrected chi connectivity index (χ4v) is 0.302. The van der Waals surface area contributed by atoms with Gasteiger partial charge >= 0.3 is 0 Å². The van der Waals surface area contributed by atoms with Gasteiger partial charge in [0.05, 0.1) is 12.1 Å². The number of rotatable bonds is 2. The van der Waals surface area contributed by atoms with Gasteiger partial charge in [0.15, 0.2) is 0 Å². The summed E-state index contributed by atoms with van der Waals surface area (Å²) < 4.78 is 0. The van der Waals surface area contributed by atoms with Gasteiger partial charge in [-0.15, -0.1) is 0 Å². The summed E-state index contributed by atoms with van der Waals surface area (Å²) in [5.74, 6) is 0. The summed E-state index contributed by atoms with van der Waals surface area (Å²) in [4.78, 5) is 2.55. The zero-order chi connectivity index (χ0) is 7.11. The molecule has 0 saturated carbocycles. The fourth-order valence-electron chi connectivity index (χ4n) is 0.302. The molecule has 0 aliphatic rings. The van der Waals surface area contributed by atoms with Gasteiger partial charge in [0, 0.05) is 11.0 Å². The first kappa shape index (κ1) is 7.54. The summed E-state index contributed by atoms with van der Waals surface area (Å²) in [6.45, 7) is 1.70. The Kier molecular flexibility index (Phi) is 3.93. The van der Waals surface area contributed by atoms with E-state index in [2.05, 4.69) is 10.0 Å². The number of hydrogen-bond donors (Lipinski definition) is 0. The highest BCUT2D eigenvalue weighted by Crippen LogP contribution is 1.90. The second-order valence-corrected chi connectivity index (χ2v) is 1.43. The third kappa shape index (κ3) is 4.39. The molecule has 0 radical (unpaired) electrons. The van der Waals surface area contributed by atoms with E-state index in [4.69, 9.17) is 10.8 Å². The van der Waals surface area contributed by atoms with Gasteiger partial charge in [-0.3, -0.25) is 0 Å². The van der Waals surface area contributed by atoms with Crippen molar-refractivity contribution in [3.63, 3.8) is 0 Å². The van der Waals surface area contributed by atoms with Crippen molar-refractivity contribution >= 4 is 0 Å². The molecule has 0 aliphatic carbocycles. The van der Waals surface area contributed by atoms with E-state index < -0.39 is 0 Å². The molecule has 0 aromatic carbocycles. The van der Waals surface area contributed by atoms with Gasteiger partial charge in [-0.25, -0.2) is 0 Å². The van der Waals surface area contributed by atoms with E-state index in [1.54, 1.807) is 13.0 Å². The highest BCUT2D eigenvalue weighted by molar-refractivity contribution is 5.05. The minimum Gasteiger partial charge on any atom is -0.193 e. The van der Waals surface area contributed by atoms with E-state index in [1.807, 2.05) is 0 Å². The van der Waals surface area contributed by atoms with Crippen LogP contribution in [0, 0.1) is 11.3 Å². The van der Waals surface area contributed by atoms with Crippen LogP contribution in [0.25, 0.3) is 10.4 Å². The van der Waals surface area contributed by atoms with Crippen LogP contribution in [0.1, 0.15) is 6.92 Å². The van der Waals surface area contributed by atoms with Crippen molar-refractivity contribution < 1.29 is 0 Å². The maximum atomic E-state index is 8.01. The molecule has 0 heterocycles. The third-order valence-electron chi connectivity index (χ3n) is 0.683. The quantitative estimate of drug-likeness (QED) is 0.238. The third-order valence-corrected chi connectivity index (χ3v) is 0.683.